The average Bonchev–Trinajstić information content (AvgIpc) is 2.05. The van der Waals surface area contributed by atoms with E-state index in [2.05, 4.69) is 27.7 Å². The standard InChI is InChI=1S/C11H23NO/c1-6-10(7-2)11(13)12(5)8-9(3)4/h9-10H,6-8H2,1-5H3. The van der Waals surface area contributed by atoms with Crippen molar-refractivity contribution >= 4 is 5.91 Å². The van der Waals surface area contributed by atoms with Gasteiger partial charge in [0.05, 0.1) is 0 Å². The van der Waals surface area contributed by atoms with Gasteiger partial charge in [-0.25, -0.2) is 0 Å². The smallest absolute Gasteiger partial charge is 0.225 e. The third-order valence-corrected chi connectivity index (χ3v) is 2.35. The number of nitrogens with zero attached hydrogens (tertiary/aromatic N) is 1. The van der Waals surface area contributed by atoms with E-state index in [0.717, 1.165) is 19.4 Å². The zero-order chi connectivity index (χ0) is 10.4. The third-order valence-electron chi connectivity index (χ3n) is 2.35. The lowest BCUT2D eigenvalue weighted by Crippen LogP contribution is -2.35. The summed E-state index contributed by atoms with van der Waals surface area (Å²) in [5.41, 5.74) is 0. The van der Waals surface area contributed by atoms with E-state index in [9.17, 15) is 4.79 Å². The molecule has 0 aromatic carbocycles. The fourth-order valence-corrected chi connectivity index (χ4v) is 1.59. The molecule has 0 fully saturated rings. The highest BCUT2D eigenvalue weighted by molar-refractivity contribution is 5.78. The Balaban J connectivity index is 4.07. The molecule has 0 aromatic heterocycles. The predicted octanol–water partition coefficient (Wildman–Crippen LogP) is 2.54. The minimum absolute atomic E-state index is 0.226. The summed E-state index contributed by atoms with van der Waals surface area (Å²) in [7, 11) is 1.90. The van der Waals surface area contributed by atoms with Gasteiger partial charge in [0.25, 0.3) is 0 Å². The van der Waals surface area contributed by atoms with Crippen molar-refractivity contribution in [1.29, 1.82) is 0 Å². The molecule has 0 saturated heterocycles. The minimum atomic E-state index is 0.226. The van der Waals surface area contributed by atoms with Crippen LogP contribution in [0.3, 0.4) is 0 Å². The highest BCUT2D eigenvalue weighted by atomic mass is 16.2. The Morgan fingerprint density at radius 2 is 1.69 bits per heavy atom. The second-order valence-electron chi connectivity index (χ2n) is 4.13. The Hall–Kier alpha value is -0.530. The van der Waals surface area contributed by atoms with Gasteiger partial charge in [0.2, 0.25) is 5.91 Å². The molecule has 0 radical (unpaired) electrons. The SMILES string of the molecule is CCC(CC)C(=O)N(C)CC(C)C. The second-order valence-corrected chi connectivity index (χ2v) is 4.13. The lowest BCUT2D eigenvalue weighted by Gasteiger charge is -2.23. The van der Waals surface area contributed by atoms with Crippen LogP contribution in [0.25, 0.3) is 0 Å². The second kappa shape index (κ2) is 6.01. The van der Waals surface area contributed by atoms with E-state index < -0.39 is 0 Å². The van der Waals surface area contributed by atoms with E-state index in [1.807, 2.05) is 11.9 Å². The van der Waals surface area contributed by atoms with Gasteiger partial charge < -0.3 is 4.90 Å². The van der Waals surface area contributed by atoms with E-state index in [0.29, 0.717) is 11.8 Å². The first-order valence-corrected chi connectivity index (χ1v) is 5.27. The maximum atomic E-state index is 11.8. The van der Waals surface area contributed by atoms with Crippen molar-refractivity contribution in [3.05, 3.63) is 0 Å². The van der Waals surface area contributed by atoms with Gasteiger partial charge in [-0.2, -0.15) is 0 Å². The molecule has 2 nitrogen and oxygen atoms in total. The van der Waals surface area contributed by atoms with Crippen LogP contribution in [0.15, 0.2) is 0 Å². The quantitative estimate of drug-likeness (QED) is 0.644. The number of carbonyl (C=O) groups is 1. The Bertz CT molecular complexity index is 150. The van der Waals surface area contributed by atoms with Gasteiger partial charge in [-0.3, -0.25) is 4.79 Å². The van der Waals surface area contributed by atoms with Crippen molar-refractivity contribution in [2.24, 2.45) is 11.8 Å². The normalized spacial score (nSPS) is 11.0. The maximum absolute atomic E-state index is 11.8. The molecular weight excluding hydrogens is 162 g/mol. The monoisotopic (exact) mass is 185 g/mol. The molecule has 0 aromatic rings. The lowest BCUT2D eigenvalue weighted by atomic mass is 10.0. The van der Waals surface area contributed by atoms with E-state index in [-0.39, 0.29) is 5.92 Å². The molecule has 0 unspecified atom stereocenters. The first-order chi connectivity index (χ1) is 6.02. The molecule has 0 aliphatic rings. The minimum Gasteiger partial charge on any atom is -0.345 e. The largest absolute Gasteiger partial charge is 0.345 e. The molecule has 13 heavy (non-hydrogen) atoms. The molecule has 0 saturated carbocycles. The van der Waals surface area contributed by atoms with Crippen LogP contribution in [0.4, 0.5) is 0 Å². The molecule has 0 aliphatic heterocycles. The van der Waals surface area contributed by atoms with Crippen LogP contribution in [0.2, 0.25) is 0 Å². The van der Waals surface area contributed by atoms with Crippen LogP contribution in [0, 0.1) is 11.8 Å². The lowest BCUT2D eigenvalue weighted by molar-refractivity contribution is -0.134. The van der Waals surface area contributed by atoms with Crippen LogP contribution < -0.4 is 0 Å². The highest BCUT2D eigenvalue weighted by Gasteiger charge is 2.18. The molecule has 1 amide bonds. The summed E-state index contributed by atoms with van der Waals surface area (Å²) >= 11 is 0. The summed E-state index contributed by atoms with van der Waals surface area (Å²) in [4.78, 5) is 13.6. The van der Waals surface area contributed by atoms with Crippen LogP contribution in [0.1, 0.15) is 40.5 Å². The van der Waals surface area contributed by atoms with E-state index in [1.165, 1.54) is 0 Å². The van der Waals surface area contributed by atoms with Crippen molar-refractivity contribution < 1.29 is 4.79 Å². The van der Waals surface area contributed by atoms with E-state index >= 15 is 0 Å². The Morgan fingerprint density at radius 3 is 2.00 bits per heavy atom. The van der Waals surface area contributed by atoms with Crippen LogP contribution in [-0.2, 0) is 4.79 Å². The Kier molecular flexibility index (Phi) is 5.76. The van der Waals surface area contributed by atoms with E-state index in [4.69, 9.17) is 0 Å². The number of amides is 1. The number of carbonyl (C=O) groups excluding carboxylic acids is 1. The van der Waals surface area contributed by atoms with Crippen LogP contribution >= 0.6 is 0 Å². The number of rotatable bonds is 5. The average molecular weight is 185 g/mol. The molecule has 0 bridgehead atoms. The van der Waals surface area contributed by atoms with Gasteiger partial charge in [0.1, 0.15) is 0 Å². The zero-order valence-electron chi connectivity index (χ0n) is 9.63. The van der Waals surface area contributed by atoms with Gasteiger partial charge in [-0.05, 0) is 18.8 Å². The summed E-state index contributed by atoms with van der Waals surface area (Å²) in [5, 5.41) is 0. The summed E-state index contributed by atoms with van der Waals surface area (Å²) in [6.45, 7) is 9.30. The van der Waals surface area contributed by atoms with Crippen molar-refractivity contribution in [3.63, 3.8) is 0 Å². The molecule has 0 atom stereocenters. The van der Waals surface area contributed by atoms with Crippen molar-refractivity contribution in [2.75, 3.05) is 13.6 Å². The predicted molar refractivity (Wildman–Crippen MR) is 56.5 cm³/mol. The van der Waals surface area contributed by atoms with Gasteiger partial charge >= 0.3 is 0 Å². The molecule has 0 aliphatic carbocycles. The number of hydrogen-bond acceptors (Lipinski definition) is 1. The van der Waals surface area contributed by atoms with Gasteiger partial charge in [0.15, 0.2) is 0 Å². The van der Waals surface area contributed by atoms with Crippen molar-refractivity contribution in [1.82, 2.24) is 4.90 Å². The van der Waals surface area contributed by atoms with Crippen LogP contribution in [0.5, 0.6) is 0 Å². The molecule has 0 N–H and O–H groups in total. The fraction of sp³-hybridized carbons (Fsp3) is 0.909. The Labute approximate surface area is 82.3 Å². The van der Waals surface area contributed by atoms with Gasteiger partial charge in [-0.15, -0.1) is 0 Å². The van der Waals surface area contributed by atoms with E-state index in [1.54, 1.807) is 0 Å². The third kappa shape index (κ3) is 4.30. The van der Waals surface area contributed by atoms with Gasteiger partial charge in [-0.1, -0.05) is 27.7 Å². The number of hydrogen-bond donors (Lipinski definition) is 0. The summed E-state index contributed by atoms with van der Waals surface area (Å²) < 4.78 is 0. The molecule has 78 valence electrons. The molecule has 2 heteroatoms. The molecule has 0 spiro atoms. The van der Waals surface area contributed by atoms with Crippen molar-refractivity contribution in [2.45, 2.75) is 40.5 Å². The zero-order valence-corrected chi connectivity index (χ0v) is 9.63. The topological polar surface area (TPSA) is 20.3 Å². The molecule has 0 heterocycles. The fourth-order valence-electron chi connectivity index (χ4n) is 1.59. The maximum Gasteiger partial charge on any atom is 0.225 e. The summed E-state index contributed by atoms with van der Waals surface area (Å²) in [6, 6.07) is 0. The first kappa shape index (κ1) is 12.5. The Morgan fingerprint density at radius 1 is 1.23 bits per heavy atom. The highest BCUT2D eigenvalue weighted by Crippen LogP contribution is 2.11. The van der Waals surface area contributed by atoms with Crippen LogP contribution in [-0.4, -0.2) is 24.4 Å². The van der Waals surface area contributed by atoms with Gasteiger partial charge in [0, 0.05) is 19.5 Å². The molecular formula is C11H23NO. The van der Waals surface area contributed by atoms with Crippen molar-refractivity contribution in [3.8, 4) is 0 Å². The molecule has 0 rings (SSSR count). The summed E-state index contributed by atoms with van der Waals surface area (Å²) in [6.07, 6.45) is 1.91. The summed E-state index contributed by atoms with van der Waals surface area (Å²) in [5.74, 6) is 1.09. The first-order valence-electron chi connectivity index (χ1n) is 5.27.